The van der Waals surface area contributed by atoms with Gasteiger partial charge in [-0.1, -0.05) is 12.1 Å². The fourth-order valence-electron chi connectivity index (χ4n) is 2.36. The number of amides is 1. The van der Waals surface area contributed by atoms with Crippen molar-refractivity contribution in [2.24, 2.45) is 0 Å². The fraction of sp³-hybridized carbons (Fsp3) is 0.429. The van der Waals surface area contributed by atoms with Gasteiger partial charge in [0.05, 0.1) is 28.9 Å². The van der Waals surface area contributed by atoms with Crippen molar-refractivity contribution in [2.45, 2.75) is 25.1 Å². The Balaban J connectivity index is 1.57. The first-order valence-electron chi connectivity index (χ1n) is 6.64. The van der Waals surface area contributed by atoms with Gasteiger partial charge in [-0.25, -0.2) is 4.98 Å². The zero-order chi connectivity index (χ0) is 13.9. The second-order valence-electron chi connectivity index (χ2n) is 4.85. The van der Waals surface area contributed by atoms with Gasteiger partial charge in [-0.3, -0.25) is 4.79 Å². The Hall–Kier alpha value is -1.50. The molecular formula is C14H17N3O2S. The van der Waals surface area contributed by atoms with Crippen molar-refractivity contribution in [3.8, 4) is 0 Å². The molecule has 2 N–H and O–H groups in total. The lowest BCUT2D eigenvalue weighted by molar-refractivity contribution is -0.123. The van der Waals surface area contributed by atoms with Crippen LogP contribution >= 0.6 is 11.3 Å². The van der Waals surface area contributed by atoms with Crippen molar-refractivity contribution in [3.63, 3.8) is 0 Å². The van der Waals surface area contributed by atoms with Crippen molar-refractivity contribution in [1.29, 1.82) is 0 Å². The van der Waals surface area contributed by atoms with Gasteiger partial charge in [-0.2, -0.15) is 0 Å². The summed E-state index contributed by atoms with van der Waals surface area (Å²) in [5, 5.41) is 7.03. The lowest BCUT2D eigenvalue weighted by atomic mass is 10.2. The van der Waals surface area contributed by atoms with Gasteiger partial charge in [-0.15, -0.1) is 11.3 Å². The van der Waals surface area contributed by atoms with E-state index in [9.17, 15) is 4.79 Å². The van der Waals surface area contributed by atoms with Crippen LogP contribution in [-0.4, -0.2) is 36.7 Å². The molecule has 0 bridgehead atoms. The summed E-state index contributed by atoms with van der Waals surface area (Å²) in [5.41, 5.74) is 0.986. The van der Waals surface area contributed by atoms with Crippen LogP contribution in [0, 0.1) is 0 Å². The van der Waals surface area contributed by atoms with Crippen molar-refractivity contribution >= 4 is 27.5 Å². The van der Waals surface area contributed by atoms with Crippen LogP contribution in [0.3, 0.4) is 0 Å². The highest BCUT2D eigenvalue weighted by molar-refractivity contribution is 7.18. The highest BCUT2D eigenvalue weighted by atomic mass is 32.1. The van der Waals surface area contributed by atoms with E-state index in [-0.39, 0.29) is 18.1 Å². The van der Waals surface area contributed by atoms with E-state index in [1.807, 2.05) is 24.3 Å². The highest BCUT2D eigenvalue weighted by Crippen LogP contribution is 2.21. The SMILES string of the molecule is COC1CNC(C(=O)NCc2nc3ccccc3s2)C1. The topological polar surface area (TPSA) is 63.2 Å². The zero-order valence-electron chi connectivity index (χ0n) is 11.3. The Morgan fingerprint density at radius 2 is 2.40 bits per heavy atom. The van der Waals surface area contributed by atoms with Crippen LogP contribution in [0.15, 0.2) is 24.3 Å². The molecule has 0 saturated carbocycles. The third-order valence-electron chi connectivity index (χ3n) is 3.49. The van der Waals surface area contributed by atoms with E-state index in [4.69, 9.17) is 4.74 Å². The van der Waals surface area contributed by atoms with Crippen LogP contribution in [0.5, 0.6) is 0 Å². The average Bonchev–Trinajstić information content (AvgIpc) is 3.10. The monoisotopic (exact) mass is 291 g/mol. The summed E-state index contributed by atoms with van der Waals surface area (Å²) in [7, 11) is 1.67. The van der Waals surface area contributed by atoms with Crippen LogP contribution in [0.2, 0.25) is 0 Å². The molecule has 3 rings (SSSR count). The molecule has 1 aliphatic heterocycles. The molecule has 2 heterocycles. The molecular weight excluding hydrogens is 274 g/mol. The van der Waals surface area contributed by atoms with Crippen LogP contribution < -0.4 is 10.6 Å². The fourth-order valence-corrected chi connectivity index (χ4v) is 3.27. The molecule has 20 heavy (non-hydrogen) atoms. The van der Waals surface area contributed by atoms with E-state index in [1.165, 1.54) is 0 Å². The number of nitrogens with one attached hydrogen (secondary N) is 2. The number of methoxy groups -OCH3 is 1. The summed E-state index contributed by atoms with van der Waals surface area (Å²) in [6, 6.07) is 7.83. The minimum atomic E-state index is -0.158. The number of ether oxygens (including phenoxy) is 1. The summed E-state index contributed by atoms with van der Waals surface area (Å²) in [4.78, 5) is 16.5. The molecule has 2 unspecified atom stereocenters. The Morgan fingerprint density at radius 1 is 1.55 bits per heavy atom. The number of benzene rings is 1. The van der Waals surface area contributed by atoms with E-state index < -0.39 is 0 Å². The number of thiazole rings is 1. The van der Waals surface area contributed by atoms with Crippen molar-refractivity contribution < 1.29 is 9.53 Å². The lowest BCUT2D eigenvalue weighted by Gasteiger charge is -2.10. The van der Waals surface area contributed by atoms with Crippen LogP contribution in [0.4, 0.5) is 0 Å². The number of para-hydroxylation sites is 1. The van der Waals surface area contributed by atoms with Crippen molar-refractivity contribution in [3.05, 3.63) is 29.3 Å². The third kappa shape index (κ3) is 2.82. The Labute approximate surface area is 121 Å². The summed E-state index contributed by atoms with van der Waals surface area (Å²) < 4.78 is 6.39. The molecule has 1 saturated heterocycles. The lowest BCUT2D eigenvalue weighted by Crippen LogP contribution is -2.39. The maximum Gasteiger partial charge on any atom is 0.237 e. The van der Waals surface area contributed by atoms with E-state index in [0.717, 1.165) is 28.2 Å². The third-order valence-corrected chi connectivity index (χ3v) is 4.53. The van der Waals surface area contributed by atoms with Crippen LogP contribution in [0.1, 0.15) is 11.4 Å². The van der Waals surface area contributed by atoms with Gasteiger partial charge >= 0.3 is 0 Å². The normalized spacial score (nSPS) is 22.2. The second-order valence-corrected chi connectivity index (χ2v) is 5.96. The van der Waals surface area contributed by atoms with E-state index in [0.29, 0.717) is 6.54 Å². The van der Waals surface area contributed by atoms with E-state index in [1.54, 1.807) is 18.4 Å². The maximum absolute atomic E-state index is 12.0. The molecule has 2 atom stereocenters. The molecule has 106 valence electrons. The molecule has 1 aliphatic rings. The smallest absolute Gasteiger partial charge is 0.237 e. The number of hydrogen-bond acceptors (Lipinski definition) is 5. The van der Waals surface area contributed by atoms with Gasteiger partial charge in [0, 0.05) is 13.7 Å². The summed E-state index contributed by atoms with van der Waals surface area (Å²) >= 11 is 1.62. The van der Waals surface area contributed by atoms with Gasteiger partial charge in [0.25, 0.3) is 0 Å². The molecule has 1 aromatic heterocycles. The second kappa shape index (κ2) is 5.87. The molecule has 1 aromatic carbocycles. The zero-order valence-corrected chi connectivity index (χ0v) is 12.1. The molecule has 0 spiro atoms. The molecule has 0 radical (unpaired) electrons. The molecule has 1 fully saturated rings. The summed E-state index contributed by atoms with van der Waals surface area (Å²) in [5.74, 6) is 0.0174. The predicted molar refractivity (Wildman–Crippen MR) is 78.7 cm³/mol. The molecule has 5 nitrogen and oxygen atoms in total. The Morgan fingerprint density at radius 3 is 3.15 bits per heavy atom. The minimum Gasteiger partial charge on any atom is -0.380 e. The summed E-state index contributed by atoms with van der Waals surface area (Å²) in [6.07, 6.45) is 0.857. The minimum absolute atomic E-state index is 0.0174. The van der Waals surface area contributed by atoms with Gasteiger partial charge in [0.1, 0.15) is 5.01 Å². The van der Waals surface area contributed by atoms with E-state index >= 15 is 0 Å². The van der Waals surface area contributed by atoms with Gasteiger partial charge in [0.2, 0.25) is 5.91 Å². The first kappa shape index (κ1) is 13.5. The maximum atomic E-state index is 12.0. The molecule has 0 aliphatic carbocycles. The van der Waals surface area contributed by atoms with Crippen molar-refractivity contribution in [2.75, 3.05) is 13.7 Å². The van der Waals surface area contributed by atoms with Crippen LogP contribution in [0.25, 0.3) is 10.2 Å². The van der Waals surface area contributed by atoms with Gasteiger partial charge < -0.3 is 15.4 Å². The Bertz CT molecular complexity index is 580. The van der Waals surface area contributed by atoms with Crippen LogP contribution in [-0.2, 0) is 16.1 Å². The largest absolute Gasteiger partial charge is 0.380 e. The average molecular weight is 291 g/mol. The number of carbonyl (C=O) groups excluding carboxylic acids is 1. The first-order chi connectivity index (χ1) is 9.76. The Kier molecular flexibility index (Phi) is 3.95. The van der Waals surface area contributed by atoms with Crippen molar-refractivity contribution in [1.82, 2.24) is 15.6 Å². The van der Waals surface area contributed by atoms with E-state index in [2.05, 4.69) is 15.6 Å². The number of rotatable bonds is 4. The summed E-state index contributed by atoms with van der Waals surface area (Å²) in [6.45, 7) is 1.21. The molecule has 2 aromatic rings. The number of aromatic nitrogens is 1. The van der Waals surface area contributed by atoms with Gasteiger partial charge in [0.15, 0.2) is 0 Å². The predicted octanol–water partition coefficient (Wildman–Crippen LogP) is 1.29. The van der Waals surface area contributed by atoms with Gasteiger partial charge in [-0.05, 0) is 18.6 Å². The standard InChI is InChI=1S/C14H17N3O2S/c1-19-9-6-11(15-7-9)14(18)16-8-13-17-10-4-2-3-5-12(10)20-13/h2-5,9,11,15H,6-8H2,1H3,(H,16,18). The first-order valence-corrected chi connectivity index (χ1v) is 7.46. The highest BCUT2D eigenvalue weighted by Gasteiger charge is 2.29. The number of fused-ring (bicyclic) bond motifs is 1. The number of nitrogens with zero attached hydrogens (tertiary/aromatic N) is 1. The molecule has 1 amide bonds. The molecule has 6 heteroatoms. The number of hydrogen-bond donors (Lipinski definition) is 2. The number of carbonyl (C=O) groups is 1. The quantitative estimate of drug-likeness (QED) is 0.891.